The van der Waals surface area contributed by atoms with Crippen molar-refractivity contribution >= 4 is 10.1 Å². The second-order valence-corrected chi connectivity index (χ2v) is 6.22. The van der Waals surface area contributed by atoms with Crippen molar-refractivity contribution in [3.05, 3.63) is 12.4 Å². The van der Waals surface area contributed by atoms with Crippen LogP contribution in [0.1, 0.15) is 38.5 Å². The fourth-order valence-corrected chi connectivity index (χ4v) is 3.28. The minimum atomic E-state index is -3.50. The first-order chi connectivity index (χ1) is 8.16. The van der Waals surface area contributed by atoms with Crippen molar-refractivity contribution in [3.63, 3.8) is 0 Å². The van der Waals surface area contributed by atoms with Gasteiger partial charge in [-0.05, 0) is 12.3 Å². The summed E-state index contributed by atoms with van der Waals surface area (Å²) in [5.41, 5.74) is 0. The summed E-state index contributed by atoms with van der Waals surface area (Å²) in [4.78, 5) is 6.36. The molecule has 1 aromatic heterocycles. The van der Waals surface area contributed by atoms with Crippen LogP contribution in [0.5, 0.6) is 6.01 Å². The van der Waals surface area contributed by atoms with Crippen LogP contribution in [0.2, 0.25) is 0 Å². The Labute approximate surface area is 102 Å². The largest absolute Gasteiger partial charge is 0.345 e. The molecule has 6 heteroatoms. The van der Waals surface area contributed by atoms with Crippen molar-refractivity contribution in [2.24, 2.45) is 5.92 Å². The summed E-state index contributed by atoms with van der Waals surface area (Å²) in [6.07, 6.45) is 9.73. The second kappa shape index (κ2) is 5.53. The number of aromatic nitrogens is 2. The number of nitrogens with zero attached hydrogens (tertiary/aromatic N) is 1. The fraction of sp³-hybridized carbons (Fsp3) is 0.727. The van der Waals surface area contributed by atoms with E-state index in [-0.39, 0.29) is 11.8 Å². The van der Waals surface area contributed by atoms with Crippen LogP contribution in [0.4, 0.5) is 0 Å². The minimum absolute atomic E-state index is 0.0497. The Kier molecular flexibility index (Phi) is 4.04. The van der Waals surface area contributed by atoms with Gasteiger partial charge in [-0.1, -0.05) is 32.1 Å². The summed E-state index contributed by atoms with van der Waals surface area (Å²) in [6.45, 7) is 0. The summed E-state index contributed by atoms with van der Waals surface area (Å²) >= 11 is 0. The molecule has 0 atom stereocenters. The van der Waals surface area contributed by atoms with Crippen LogP contribution in [0.3, 0.4) is 0 Å². The molecule has 1 N–H and O–H groups in total. The van der Waals surface area contributed by atoms with Gasteiger partial charge in [0.15, 0.2) is 0 Å². The number of rotatable bonds is 5. The molecule has 0 saturated heterocycles. The third-order valence-electron chi connectivity index (χ3n) is 3.18. The van der Waals surface area contributed by atoms with Gasteiger partial charge in [-0.2, -0.15) is 8.42 Å². The zero-order valence-electron chi connectivity index (χ0n) is 9.76. The van der Waals surface area contributed by atoms with Crippen LogP contribution in [0, 0.1) is 5.92 Å². The zero-order valence-corrected chi connectivity index (χ0v) is 10.6. The summed E-state index contributed by atoms with van der Waals surface area (Å²) in [5.74, 6) is 0.622. The van der Waals surface area contributed by atoms with E-state index in [4.69, 9.17) is 4.18 Å². The molecule has 5 nitrogen and oxygen atoms in total. The standard InChI is InChI=1S/C11H18N2O3S/c14-17(15,16-11-12-7-8-13-11)9-6-10-4-2-1-3-5-10/h7-8,10H,1-6,9H2,(H,12,13). The van der Waals surface area contributed by atoms with E-state index in [2.05, 4.69) is 9.97 Å². The Morgan fingerprint density at radius 2 is 2.12 bits per heavy atom. The highest BCUT2D eigenvalue weighted by Gasteiger charge is 2.19. The Balaban J connectivity index is 1.80. The summed E-state index contributed by atoms with van der Waals surface area (Å²) < 4.78 is 28.2. The molecule has 0 aliphatic heterocycles. The number of hydrogen-bond donors (Lipinski definition) is 1. The topological polar surface area (TPSA) is 72.1 Å². The van der Waals surface area contributed by atoms with Crippen molar-refractivity contribution in [2.75, 3.05) is 5.75 Å². The van der Waals surface area contributed by atoms with Gasteiger partial charge in [-0.25, -0.2) is 4.98 Å². The molecule has 1 aliphatic carbocycles. The quantitative estimate of drug-likeness (QED) is 0.821. The molecule has 17 heavy (non-hydrogen) atoms. The van der Waals surface area contributed by atoms with Gasteiger partial charge in [0.2, 0.25) is 0 Å². The first kappa shape index (κ1) is 12.4. The van der Waals surface area contributed by atoms with Crippen molar-refractivity contribution in [1.82, 2.24) is 9.97 Å². The fourth-order valence-electron chi connectivity index (χ4n) is 2.25. The van der Waals surface area contributed by atoms with Gasteiger partial charge < -0.3 is 9.17 Å². The number of imidazole rings is 1. The van der Waals surface area contributed by atoms with Crippen LogP contribution < -0.4 is 4.18 Å². The lowest BCUT2D eigenvalue weighted by molar-refractivity contribution is 0.346. The number of nitrogens with one attached hydrogen (secondary N) is 1. The number of aromatic amines is 1. The van der Waals surface area contributed by atoms with Crippen LogP contribution in [0.25, 0.3) is 0 Å². The Bertz CT molecular complexity index is 422. The van der Waals surface area contributed by atoms with Gasteiger partial charge in [-0.15, -0.1) is 0 Å². The average Bonchev–Trinajstić information content (AvgIpc) is 2.80. The van der Waals surface area contributed by atoms with Crippen LogP contribution in [-0.2, 0) is 10.1 Å². The molecule has 1 aliphatic rings. The van der Waals surface area contributed by atoms with Crippen LogP contribution in [-0.4, -0.2) is 24.1 Å². The van der Waals surface area contributed by atoms with Gasteiger partial charge in [0.25, 0.3) is 0 Å². The lowest BCUT2D eigenvalue weighted by Gasteiger charge is -2.20. The molecular weight excluding hydrogens is 240 g/mol. The average molecular weight is 258 g/mol. The molecule has 1 heterocycles. The Morgan fingerprint density at radius 3 is 2.76 bits per heavy atom. The van der Waals surface area contributed by atoms with Gasteiger partial charge in [0.1, 0.15) is 0 Å². The van der Waals surface area contributed by atoms with Gasteiger partial charge in [-0.3, -0.25) is 0 Å². The highest BCUT2D eigenvalue weighted by molar-refractivity contribution is 7.87. The maximum absolute atomic E-state index is 11.7. The normalized spacial score (nSPS) is 18.1. The molecule has 1 aromatic rings. The van der Waals surface area contributed by atoms with Gasteiger partial charge in [0, 0.05) is 12.4 Å². The van der Waals surface area contributed by atoms with E-state index in [0.29, 0.717) is 12.3 Å². The molecular formula is C11H18N2O3S. The molecule has 96 valence electrons. The SMILES string of the molecule is O=S(=O)(CCC1CCCCC1)Oc1ncc[nH]1. The molecule has 0 aromatic carbocycles. The van der Waals surface area contributed by atoms with Crippen molar-refractivity contribution in [2.45, 2.75) is 38.5 Å². The summed E-state index contributed by atoms with van der Waals surface area (Å²) in [5, 5.41) is 0. The van der Waals surface area contributed by atoms with E-state index in [9.17, 15) is 8.42 Å². The smallest absolute Gasteiger partial charge is 0.311 e. The third-order valence-corrected chi connectivity index (χ3v) is 4.33. The van der Waals surface area contributed by atoms with Crippen LogP contribution in [0.15, 0.2) is 12.4 Å². The predicted molar refractivity (Wildman–Crippen MR) is 64.2 cm³/mol. The maximum Gasteiger partial charge on any atom is 0.311 e. The summed E-state index contributed by atoms with van der Waals surface area (Å²) in [7, 11) is -3.50. The van der Waals surface area contributed by atoms with Crippen molar-refractivity contribution in [1.29, 1.82) is 0 Å². The van der Waals surface area contributed by atoms with Gasteiger partial charge >= 0.3 is 16.1 Å². The van der Waals surface area contributed by atoms with E-state index >= 15 is 0 Å². The lowest BCUT2D eigenvalue weighted by Crippen LogP contribution is -2.18. The zero-order chi connectivity index (χ0) is 12.1. The van der Waals surface area contributed by atoms with E-state index < -0.39 is 10.1 Å². The molecule has 2 rings (SSSR count). The van der Waals surface area contributed by atoms with Gasteiger partial charge in [0.05, 0.1) is 5.75 Å². The highest BCUT2D eigenvalue weighted by atomic mass is 32.2. The molecule has 1 fully saturated rings. The minimum Gasteiger partial charge on any atom is -0.345 e. The molecule has 0 amide bonds. The number of H-pyrrole nitrogens is 1. The molecule has 0 radical (unpaired) electrons. The first-order valence-electron chi connectivity index (χ1n) is 6.07. The summed E-state index contributed by atoms with van der Waals surface area (Å²) in [6, 6.07) is 0.0497. The van der Waals surface area contributed by atoms with E-state index in [0.717, 1.165) is 12.8 Å². The van der Waals surface area contributed by atoms with Crippen molar-refractivity contribution in [3.8, 4) is 6.01 Å². The van der Waals surface area contributed by atoms with E-state index in [1.54, 1.807) is 0 Å². The third kappa shape index (κ3) is 4.03. The van der Waals surface area contributed by atoms with Crippen LogP contribution >= 0.6 is 0 Å². The van der Waals surface area contributed by atoms with E-state index in [1.807, 2.05) is 0 Å². The second-order valence-electron chi connectivity index (χ2n) is 4.53. The monoisotopic (exact) mass is 258 g/mol. The van der Waals surface area contributed by atoms with Crippen molar-refractivity contribution < 1.29 is 12.6 Å². The van der Waals surface area contributed by atoms with E-state index in [1.165, 1.54) is 31.7 Å². The molecule has 0 spiro atoms. The maximum atomic E-state index is 11.7. The molecule has 0 unspecified atom stereocenters. The molecule has 0 bridgehead atoms. The number of hydrogen-bond acceptors (Lipinski definition) is 4. The first-order valence-corrected chi connectivity index (χ1v) is 7.65. The predicted octanol–water partition coefficient (Wildman–Crippen LogP) is 2.09. The highest BCUT2D eigenvalue weighted by Crippen LogP contribution is 2.26. The Hall–Kier alpha value is -1.04. The molecule has 1 saturated carbocycles. The lowest BCUT2D eigenvalue weighted by atomic mass is 9.88. The Morgan fingerprint density at radius 1 is 1.35 bits per heavy atom.